The summed E-state index contributed by atoms with van der Waals surface area (Å²) < 4.78 is 9.94. The molecule has 0 unspecified atom stereocenters. The van der Waals surface area contributed by atoms with Crippen LogP contribution in [0.2, 0.25) is 0 Å². The van der Waals surface area contributed by atoms with Crippen molar-refractivity contribution in [3.63, 3.8) is 0 Å². The van der Waals surface area contributed by atoms with Gasteiger partial charge < -0.3 is 14.8 Å². The third kappa shape index (κ3) is 2.97. The molecule has 1 aromatic rings. The first-order chi connectivity index (χ1) is 8.60. The summed E-state index contributed by atoms with van der Waals surface area (Å²) in [5, 5.41) is 2.46. The molecule has 0 aliphatic heterocycles. The van der Waals surface area contributed by atoms with Crippen LogP contribution in [0.3, 0.4) is 0 Å². The number of nitrogens with one attached hydrogen (secondary N) is 1. The minimum atomic E-state index is -0.943. The van der Waals surface area contributed by atoms with E-state index in [-0.39, 0.29) is 6.10 Å². The topological polar surface area (TPSA) is 77.5 Å². The van der Waals surface area contributed by atoms with Crippen molar-refractivity contribution in [2.24, 2.45) is 0 Å². The quantitative estimate of drug-likeness (QED) is 0.640. The molecule has 0 spiro atoms. The summed E-state index contributed by atoms with van der Waals surface area (Å²) in [4.78, 5) is 26.6. The number of hydrogen-bond acceptors (Lipinski definition) is 5. The SMILES string of the molecule is COC(=O)C(=O)Nc1cc(C)ncc1OC1CC1. The molecular formula is C12H14N2O4. The van der Waals surface area contributed by atoms with Crippen molar-refractivity contribution in [2.45, 2.75) is 25.9 Å². The van der Waals surface area contributed by atoms with Gasteiger partial charge in [0.25, 0.3) is 0 Å². The van der Waals surface area contributed by atoms with E-state index in [9.17, 15) is 9.59 Å². The van der Waals surface area contributed by atoms with E-state index in [1.54, 1.807) is 19.2 Å². The number of nitrogens with zero attached hydrogens (tertiary/aromatic N) is 1. The van der Waals surface area contributed by atoms with Crippen molar-refractivity contribution in [3.8, 4) is 5.75 Å². The van der Waals surface area contributed by atoms with Gasteiger partial charge >= 0.3 is 11.9 Å². The second kappa shape index (κ2) is 5.03. The Morgan fingerprint density at radius 1 is 1.44 bits per heavy atom. The molecule has 1 amide bonds. The van der Waals surface area contributed by atoms with Crippen LogP contribution in [0.15, 0.2) is 12.3 Å². The van der Waals surface area contributed by atoms with E-state index in [0.29, 0.717) is 11.4 Å². The van der Waals surface area contributed by atoms with Gasteiger partial charge in [-0.3, -0.25) is 9.78 Å². The Morgan fingerprint density at radius 3 is 2.78 bits per heavy atom. The second-order valence-electron chi connectivity index (χ2n) is 4.08. The molecule has 1 aromatic heterocycles. The highest BCUT2D eigenvalue weighted by Crippen LogP contribution is 2.31. The maximum Gasteiger partial charge on any atom is 0.396 e. The molecule has 0 atom stereocenters. The number of methoxy groups -OCH3 is 1. The fraction of sp³-hybridized carbons (Fsp3) is 0.417. The smallest absolute Gasteiger partial charge is 0.396 e. The van der Waals surface area contributed by atoms with Crippen molar-refractivity contribution in [2.75, 3.05) is 12.4 Å². The van der Waals surface area contributed by atoms with Gasteiger partial charge in [0.05, 0.1) is 25.1 Å². The number of aryl methyl sites for hydroxylation is 1. The number of anilines is 1. The number of pyridine rings is 1. The summed E-state index contributed by atoms with van der Waals surface area (Å²) in [6.07, 6.45) is 3.72. The molecule has 18 heavy (non-hydrogen) atoms. The van der Waals surface area contributed by atoms with Gasteiger partial charge in [0, 0.05) is 5.69 Å². The fourth-order valence-electron chi connectivity index (χ4n) is 1.37. The molecule has 1 aliphatic carbocycles. The molecule has 1 N–H and O–H groups in total. The lowest BCUT2D eigenvalue weighted by molar-refractivity contribution is -0.150. The van der Waals surface area contributed by atoms with Crippen LogP contribution in [-0.2, 0) is 14.3 Å². The van der Waals surface area contributed by atoms with Crippen LogP contribution >= 0.6 is 0 Å². The van der Waals surface area contributed by atoms with Gasteiger partial charge in [-0.15, -0.1) is 0 Å². The number of amides is 1. The second-order valence-corrected chi connectivity index (χ2v) is 4.08. The number of rotatable bonds is 3. The Hall–Kier alpha value is -2.11. The van der Waals surface area contributed by atoms with Crippen molar-refractivity contribution in [1.82, 2.24) is 4.98 Å². The maximum atomic E-state index is 11.4. The van der Waals surface area contributed by atoms with E-state index >= 15 is 0 Å². The normalized spacial score (nSPS) is 13.9. The number of carbonyl (C=O) groups is 2. The van der Waals surface area contributed by atoms with Crippen LogP contribution in [0, 0.1) is 6.92 Å². The van der Waals surface area contributed by atoms with E-state index in [1.165, 1.54) is 0 Å². The van der Waals surface area contributed by atoms with Crippen molar-refractivity contribution in [3.05, 3.63) is 18.0 Å². The third-order valence-corrected chi connectivity index (χ3v) is 2.44. The van der Waals surface area contributed by atoms with E-state index in [2.05, 4.69) is 15.0 Å². The van der Waals surface area contributed by atoms with Crippen LogP contribution < -0.4 is 10.1 Å². The first-order valence-electron chi connectivity index (χ1n) is 5.62. The zero-order valence-electron chi connectivity index (χ0n) is 10.2. The van der Waals surface area contributed by atoms with Crippen molar-refractivity contribution in [1.29, 1.82) is 0 Å². The monoisotopic (exact) mass is 250 g/mol. The van der Waals surface area contributed by atoms with Crippen LogP contribution in [-0.4, -0.2) is 30.1 Å². The Labute approximate surface area is 104 Å². The number of esters is 1. The van der Waals surface area contributed by atoms with Gasteiger partial charge in [0.15, 0.2) is 5.75 Å². The molecule has 2 rings (SSSR count). The van der Waals surface area contributed by atoms with E-state index in [4.69, 9.17) is 4.74 Å². The first kappa shape index (κ1) is 12.3. The highest BCUT2D eigenvalue weighted by molar-refractivity contribution is 6.37. The third-order valence-electron chi connectivity index (χ3n) is 2.44. The molecule has 0 saturated heterocycles. The molecular weight excluding hydrogens is 236 g/mol. The number of carbonyl (C=O) groups excluding carboxylic acids is 2. The summed E-state index contributed by atoms with van der Waals surface area (Å²) in [5.41, 5.74) is 1.16. The minimum absolute atomic E-state index is 0.184. The summed E-state index contributed by atoms with van der Waals surface area (Å²) in [6, 6.07) is 1.65. The summed E-state index contributed by atoms with van der Waals surface area (Å²) in [7, 11) is 1.15. The molecule has 1 fully saturated rings. The summed E-state index contributed by atoms with van der Waals surface area (Å²) in [5.74, 6) is -1.30. The molecule has 96 valence electrons. The lowest BCUT2D eigenvalue weighted by atomic mass is 10.3. The predicted octanol–water partition coefficient (Wildman–Crippen LogP) is 1.04. The molecule has 0 radical (unpaired) electrons. The summed E-state index contributed by atoms with van der Waals surface area (Å²) in [6.45, 7) is 1.79. The largest absolute Gasteiger partial charge is 0.487 e. The summed E-state index contributed by atoms with van der Waals surface area (Å²) >= 11 is 0. The lowest BCUT2D eigenvalue weighted by Gasteiger charge is -2.11. The number of ether oxygens (including phenoxy) is 2. The van der Waals surface area contributed by atoms with Gasteiger partial charge in [0.1, 0.15) is 0 Å². The van der Waals surface area contributed by atoms with Gasteiger partial charge in [-0.05, 0) is 25.8 Å². The molecule has 1 saturated carbocycles. The molecule has 6 heteroatoms. The average molecular weight is 250 g/mol. The molecule has 0 aromatic carbocycles. The molecule has 1 heterocycles. The zero-order valence-corrected chi connectivity index (χ0v) is 10.2. The van der Waals surface area contributed by atoms with Crippen LogP contribution in [0.4, 0.5) is 5.69 Å². The first-order valence-corrected chi connectivity index (χ1v) is 5.62. The van der Waals surface area contributed by atoms with Gasteiger partial charge in [-0.25, -0.2) is 4.79 Å². The van der Waals surface area contributed by atoms with Crippen molar-refractivity contribution >= 4 is 17.6 Å². The standard InChI is InChI=1S/C12H14N2O4/c1-7-5-9(14-11(15)12(16)17-2)10(6-13-7)18-8-3-4-8/h5-6,8H,3-4H2,1-2H3,(H,13,14,15). The fourth-order valence-corrected chi connectivity index (χ4v) is 1.37. The number of aromatic nitrogens is 1. The van der Waals surface area contributed by atoms with E-state index in [1.807, 2.05) is 0 Å². The minimum Gasteiger partial charge on any atom is -0.487 e. The highest BCUT2D eigenvalue weighted by atomic mass is 16.5. The Bertz CT molecular complexity index is 483. The predicted molar refractivity (Wildman–Crippen MR) is 63.3 cm³/mol. The van der Waals surface area contributed by atoms with Crippen LogP contribution in [0.1, 0.15) is 18.5 Å². The van der Waals surface area contributed by atoms with Gasteiger partial charge in [-0.1, -0.05) is 0 Å². The average Bonchev–Trinajstić information content (AvgIpc) is 3.15. The van der Waals surface area contributed by atoms with Gasteiger partial charge in [0.2, 0.25) is 0 Å². The van der Waals surface area contributed by atoms with Gasteiger partial charge in [-0.2, -0.15) is 0 Å². The van der Waals surface area contributed by atoms with E-state index < -0.39 is 11.9 Å². The van der Waals surface area contributed by atoms with Crippen LogP contribution in [0.25, 0.3) is 0 Å². The Kier molecular flexibility index (Phi) is 3.45. The molecule has 6 nitrogen and oxygen atoms in total. The lowest BCUT2D eigenvalue weighted by Crippen LogP contribution is -2.24. The Balaban J connectivity index is 2.15. The molecule has 1 aliphatic rings. The zero-order chi connectivity index (χ0) is 13.1. The van der Waals surface area contributed by atoms with Crippen LogP contribution in [0.5, 0.6) is 5.75 Å². The molecule has 0 bridgehead atoms. The maximum absolute atomic E-state index is 11.4. The van der Waals surface area contributed by atoms with Crippen molar-refractivity contribution < 1.29 is 19.1 Å². The highest BCUT2D eigenvalue weighted by Gasteiger charge is 2.25. The Morgan fingerprint density at radius 2 is 2.17 bits per heavy atom. The van der Waals surface area contributed by atoms with E-state index in [0.717, 1.165) is 25.6 Å². The number of hydrogen-bond donors (Lipinski definition) is 1.